The normalized spacial score (nSPS) is 16.8. The Labute approximate surface area is 114 Å². The van der Waals surface area contributed by atoms with E-state index in [4.69, 9.17) is 0 Å². The number of nitrogens with zero attached hydrogens (tertiary/aromatic N) is 2. The van der Waals surface area contributed by atoms with Crippen LogP contribution in [0.25, 0.3) is 0 Å². The van der Waals surface area contributed by atoms with E-state index in [0.717, 1.165) is 31.7 Å². The van der Waals surface area contributed by atoms with E-state index in [2.05, 4.69) is 15.3 Å². The minimum Gasteiger partial charge on any atom is -0.354 e. The molecule has 19 heavy (non-hydrogen) atoms. The number of halogens is 3. The van der Waals surface area contributed by atoms with Gasteiger partial charge in [0.1, 0.15) is 5.03 Å². The molecule has 0 spiro atoms. The summed E-state index contributed by atoms with van der Waals surface area (Å²) < 4.78 is 38.3. The third-order valence-electron chi connectivity index (χ3n) is 2.92. The molecule has 1 aliphatic carbocycles. The van der Waals surface area contributed by atoms with Crippen molar-refractivity contribution < 1.29 is 13.2 Å². The lowest BCUT2D eigenvalue weighted by Gasteiger charge is -2.12. The van der Waals surface area contributed by atoms with Crippen LogP contribution in [0.5, 0.6) is 0 Å². The van der Waals surface area contributed by atoms with Crippen LogP contribution in [0.3, 0.4) is 0 Å². The number of anilines is 1. The Morgan fingerprint density at radius 3 is 2.58 bits per heavy atom. The van der Waals surface area contributed by atoms with Gasteiger partial charge in [-0.15, -0.1) is 11.8 Å². The second-order valence-electron chi connectivity index (χ2n) is 4.47. The van der Waals surface area contributed by atoms with Crippen LogP contribution in [0, 0.1) is 0 Å². The van der Waals surface area contributed by atoms with E-state index in [1.165, 1.54) is 11.8 Å². The van der Waals surface area contributed by atoms with Crippen molar-refractivity contribution in [3.8, 4) is 0 Å². The molecule has 106 valence electrons. The molecule has 1 aliphatic rings. The molecule has 2 rings (SSSR count). The van der Waals surface area contributed by atoms with Crippen molar-refractivity contribution in [1.29, 1.82) is 0 Å². The van der Waals surface area contributed by atoms with E-state index in [1.807, 2.05) is 0 Å². The molecule has 0 aromatic carbocycles. The summed E-state index contributed by atoms with van der Waals surface area (Å²) >= 11 is 1.43. The van der Waals surface area contributed by atoms with Crippen molar-refractivity contribution in [2.24, 2.45) is 0 Å². The Morgan fingerprint density at radius 2 is 2.00 bits per heavy atom. The minimum atomic E-state index is -4.43. The number of rotatable bonds is 4. The van der Waals surface area contributed by atoms with E-state index >= 15 is 0 Å². The first kappa shape index (κ1) is 14.4. The summed E-state index contributed by atoms with van der Waals surface area (Å²) in [6.07, 6.45) is -0.0406. The lowest BCUT2D eigenvalue weighted by molar-refractivity contribution is -0.141. The van der Waals surface area contributed by atoms with Gasteiger partial charge in [0.05, 0.1) is 0 Å². The van der Waals surface area contributed by atoms with Crippen LogP contribution < -0.4 is 5.32 Å². The maximum atomic E-state index is 12.8. The van der Waals surface area contributed by atoms with Gasteiger partial charge in [-0.25, -0.2) is 9.97 Å². The average Bonchev–Trinajstić information content (AvgIpc) is 2.81. The first-order chi connectivity index (χ1) is 8.99. The summed E-state index contributed by atoms with van der Waals surface area (Å²) in [7, 11) is 0. The van der Waals surface area contributed by atoms with Crippen molar-refractivity contribution in [1.82, 2.24) is 9.97 Å². The van der Waals surface area contributed by atoms with Gasteiger partial charge in [-0.1, -0.05) is 12.8 Å². The van der Waals surface area contributed by atoms with Crippen LogP contribution in [-0.2, 0) is 6.18 Å². The Kier molecular flexibility index (Phi) is 4.54. The molecule has 7 heteroatoms. The molecule has 0 atom stereocenters. The molecule has 3 nitrogen and oxygen atoms in total. The zero-order valence-corrected chi connectivity index (χ0v) is 11.4. The SMILES string of the molecule is CCNc1nc(SC2CCCC2)cc(C(F)(F)F)n1. The van der Waals surface area contributed by atoms with Gasteiger partial charge in [-0.2, -0.15) is 13.2 Å². The van der Waals surface area contributed by atoms with Crippen LogP contribution in [-0.4, -0.2) is 21.8 Å². The van der Waals surface area contributed by atoms with Crippen LogP contribution in [0.1, 0.15) is 38.3 Å². The van der Waals surface area contributed by atoms with Crippen molar-refractivity contribution in [2.45, 2.75) is 49.1 Å². The van der Waals surface area contributed by atoms with Crippen molar-refractivity contribution in [3.05, 3.63) is 11.8 Å². The second kappa shape index (κ2) is 5.98. The molecule has 0 bridgehead atoms. The van der Waals surface area contributed by atoms with Gasteiger partial charge in [-0.05, 0) is 19.8 Å². The van der Waals surface area contributed by atoms with Gasteiger partial charge in [0.2, 0.25) is 5.95 Å². The highest BCUT2D eigenvalue weighted by molar-refractivity contribution is 7.99. The van der Waals surface area contributed by atoms with Crippen molar-refractivity contribution in [2.75, 3.05) is 11.9 Å². The monoisotopic (exact) mass is 291 g/mol. The first-order valence-corrected chi connectivity index (χ1v) is 7.24. The largest absolute Gasteiger partial charge is 0.433 e. The molecule has 0 saturated heterocycles. The molecule has 0 amide bonds. The number of aromatic nitrogens is 2. The number of nitrogens with one attached hydrogen (secondary N) is 1. The van der Waals surface area contributed by atoms with Crippen LogP contribution in [0.4, 0.5) is 19.1 Å². The number of hydrogen-bond donors (Lipinski definition) is 1. The Hall–Kier alpha value is -0.980. The Morgan fingerprint density at radius 1 is 1.32 bits per heavy atom. The fourth-order valence-corrected chi connectivity index (χ4v) is 3.27. The highest BCUT2D eigenvalue weighted by Gasteiger charge is 2.34. The van der Waals surface area contributed by atoms with Gasteiger partial charge >= 0.3 is 6.18 Å². The molecule has 1 aromatic rings. The molecule has 0 aliphatic heterocycles. The molecular formula is C12H16F3N3S. The third-order valence-corrected chi connectivity index (χ3v) is 4.17. The van der Waals surface area contributed by atoms with Crippen LogP contribution >= 0.6 is 11.8 Å². The highest BCUT2D eigenvalue weighted by atomic mass is 32.2. The highest BCUT2D eigenvalue weighted by Crippen LogP contribution is 2.36. The van der Waals surface area contributed by atoms with E-state index in [0.29, 0.717) is 16.8 Å². The fraction of sp³-hybridized carbons (Fsp3) is 0.667. The Balaban J connectivity index is 2.22. The third kappa shape index (κ3) is 3.99. The zero-order valence-electron chi connectivity index (χ0n) is 10.6. The molecule has 1 aromatic heterocycles. The minimum absolute atomic E-state index is 0.0535. The molecule has 1 saturated carbocycles. The summed E-state index contributed by atoms with van der Waals surface area (Å²) in [5, 5.41) is 3.54. The second-order valence-corrected chi connectivity index (χ2v) is 5.79. The predicted molar refractivity (Wildman–Crippen MR) is 69.3 cm³/mol. The quantitative estimate of drug-likeness (QED) is 0.852. The van der Waals surface area contributed by atoms with Gasteiger partial charge in [-0.3, -0.25) is 0 Å². The number of thioether (sulfide) groups is 1. The van der Waals surface area contributed by atoms with E-state index in [1.54, 1.807) is 6.92 Å². The first-order valence-electron chi connectivity index (χ1n) is 6.36. The fourth-order valence-electron chi connectivity index (χ4n) is 2.04. The molecular weight excluding hydrogens is 275 g/mol. The van der Waals surface area contributed by atoms with Gasteiger partial charge in [0.15, 0.2) is 5.69 Å². The maximum absolute atomic E-state index is 12.8. The maximum Gasteiger partial charge on any atom is 0.433 e. The lowest BCUT2D eigenvalue weighted by Crippen LogP contribution is -2.12. The zero-order chi connectivity index (χ0) is 13.9. The molecule has 1 fully saturated rings. The molecule has 0 radical (unpaired) electrons. The van der Waals surface area contributed by atoms with Crippen LogP contribution in [0.15, 0.2) is 11.1 Å². The average molecular weight is 291 g/mol. The summed E-state index contributed by atoms with van der Waals surface area (Å²) in [5.41, 5.74) is -0.876. The van der Waals surface area contributed by atoms with E-state index < -0.39 is 11.9 Å². The topological polar surface area (TPSA) is 37.8 Å². The number of hydrogen-bond acceptors (Lipinski definition) is 4. The predicted octanol–water partition coefficient (Wildman–Crippen LogP) is 3.96. The standard InChI is InChI=1S/C12H16F3N3S/c1-2-16-11-17-9(12(13,14)15)7-10(18-11)19-8-5-3-4-6-8/h7-8H,2-6H2,1H3,(H,16,17,18). The smallest absolute Gasteiger partial charge is 0.354 e. The van der Waals surface area contributed by atoms with Gasteiger partial charge in [0.25, 0.3) is 0 Å². The van der Waals surface area contributed by atoms with E-state index in [9.17, 15) is 13.2 Å². The van der Waals surface area contributed by atoms with Gasteiger partial charge < -0.3 is 5.32 Å². The molecule has 0 unspecified atom stereocenters. The van der Waals surface area contributed by atoms with Gasteiger partial charge in [0, 0.05) is 17.9 Å². The Bertz CT molecular complexity index is 431. The van der Waals surface area contributed by atoms with E-state index in [-0.39, 0.29) is 5.95 Å². The molecule has 1 N–H and O–H groups in total. The summed E-state index contributed by atoms with van der Waals surface area (Å²) in [6.45, 7) is 2.29. The summed E-state index contributed by atoms with van der Waals surface area (Å²) in [5.74, 6) is 0.0535. The number of alkyl halides is 3. The van der Waals surface area contributed by atoms with Crippen LogP contribution in [0.2, 0.25) is 0 Å². The lowest BCUT2D eigenvalue weighted by atomic mass is 10.4. The molecule has 1 heterocycles. The summed E-state index contributed by atoms with van der Waals surface area (Å²) in [4.78, 5) is 7.65. The summed E-state index contributed by atoms with van der Waals surface area (Å²) in [6, 6.07) is 1.05. The van der Waals surface area contributed by atoms with Crippen molar-refractivity contribution >= 4 is 17.7 Å². The van der Waals surface area contributed by atoms with Crippen molar-refractivity contribution in [3.63, 3.8) is 0 Å².